The van der Waals surface area contributed by atoms with Crippen molar-refractivity contribution < 1.29 is 9.59 Å². The topological polar surface area (TPSA) is 80.1 Å². The van der Waals surface area contributed by atoms with Gasteiger partial charge in [0.2, 0.25) is 5.91 Å². The second kappa shape index (κ2) is 9.73. The highest BCUT2D eigenvalue weighted by Crippen LogP contribution is 2.24. The van der Waals surface area contributed by atoms with Gasteiger partial charge in [-0.3, -0.25) is 9.59 Å². The number of likely N-dealkylation sites (tertiary alicyclic amines) is 1. The van der Waals surface area contributed by atoms with Crippen LogP contribution in [0.25, 0.3) is 11.0 Å². The van der Waals surface area contributed by atoms with E-state index in [1.807, 2.05) is 52.9 Å². The number of carbonyl (C=O) groups excluding carboxylic acids is 2. The zero-order chi connectivity index (χ0) is 23.5. The summed E-state index contributed by atoms with van der Waals surface area (Å²) in [7, 11) is 0. The van der Waals surface area contributed by atoms with Crippen molar-refractivity contribution in [3.63, 3.8) is 0 Å². The minimum atomic E-state index is -0.111. The third-order valence-electron chi connectivity index (χ3n) is 6.54. The first-order valence-corrected chi connectivity index (χ1v) is 11.9. The summed E-state index contributed by atoms with van der Waals surface area (Å²) in [5.74, 6) is -0.0367. The molecule has 0 bridgehead atoms. The van der Waals surface area contributed by atoms with Gasteiger partial charge in [0.05, 0.1) is 23.4 Å². The first-order chi connectivity index (χ1) is 15.9. The van der Waals surface area contributed by atoms with Gasteiger partial charge in [-0.2, -0.15) is 5.10 Å². The van der Waals surface area contributed by atoms with Gasteiger partial charge in [-0.25, -0.2) is 9.67 Å². The van der Waals surface area contributed by atoms with Crippen molar-refractivity contribution in [2.75, 3.05) is 13.1 Å². The molecule has 0 spiro atoms. The second-order valence-electron chi connectivity index (χ2n) is 9.16. The number of amides is 2. The Balaban J connectivity index is 1.38. The van der Waals surface area contributed by atoms with Crippen molar-refractivity contribution in [1.82, 2.24) is 25.0 Å². The van der Waals surface area contributed by atoms with E-state index >= 15 is 0 Å². The van der Waals surface area contributed by atoms with Crippen LogP contribution in [0.3, 0.4) is 0 Å². The number of aromatic nitrogens is 3. The number of pyridine rings is 1. The smallest absolute Gasteiger partial charge is 0.253 e. The highest BCUT2D eigenvalue weighted by molar-refractivity contribution is 5.98. The molecule has 1 N–H and O–H groups in total. The Morgan fingerprint density at radius 1 is 1.15 bits per heavy atom. The van der Waals surface area contributed by atoms with Gasteiger partial charge in [0.25, 0.3) is 5.91 Å². The molecule has 3 heterocycles. The molecule has 1 atom stereocenters. The second-order valence-corrected chi connectivity index (χ2v) is 9.16. The molecule has 0 radical (unpaired) electrons. The fraction of sp³-hybridized carbons (Fsp3) is 0.462. The molecule has 0 aliphatic carbocycles. The molecule has 1 unspecified atom stereocenters. The zero-order valence-corrected chi connectivity index (χ0v) is 19.9. The lowest BCUT2D eigenvalue weighted by molar-refractivity contribution is -0.134. The van der Waals surface area contributed by atoms with Crippen LogP contribution >= 0.6 is 0 Å². The normalized spacial score (nSPS) is 15.7. The largest absolute Gasteiger partial charge is 0.349 e. The molecule has 1 saturated heterocycles. The lowest BCUT2D eigenvalue weighted by Gasteiger charge is -2.34. The zero-order valence-electron chi connectivity index (χ0n) is 19.9. The summed E-state index contributed by atoms with van der Waals surface area (Å²) in [6.07, 6.45) is 4.05. The maximum atomic E-state index is 13.1. The average Bonchev–Trinajstić information content (AvgIpc) is 3.23. The van der Waals surface area contributed by atoms with Crippen LogP contribution in [0.2, 0.25) is 0 Å². The maximum Gasteiger partial charge on any atom is 0.253 e. The predicted octanol–water partition coefficient (Wildman–Crippen LogP) is 4.24. The monoisotopic (exact) mass is 447 g/mol. The van der Waals surface area contributed by atoms with E-state index in [9.17, 15) is 9.59 Å². The lowest BCUT2D eigenvalue weighted by atomic mass is 9.93. The molecule has 1 aliphatic heterocycles. The van der Waals surface area contributed by atoms with Crippen LogP contribution < -0.4 is 5.32 Å². The van der Waals surface area contributed by atoms with Gasteiger partial charge in [-0.15, -0.1) is 0 Å². The van der Waals surface area contributed by atoms with Crippen molar-refractivity contribution >= 4 is 22.8 Å². The number of rotatable bonds is 6. The molecule has 2 amide bonds. The fourth-order valence-electron chi connectivity index (χ4n) is 4.64. The van der Waals surface area contributed by atoms with Crippen molar-refractivity contribution in [2.45, 2.75) is 65.0 Å². The quantitative estimate of drug-likeness (QED) is 0.613. The number of hydrogen-bond donors (Lipinski definition) is 1. The average molecular weight is 448 g/mol. The van der Waals surface area contributed by atoms with Crippen molar-refractivity contribution in [3.05, 3.63) is 59.4 Å². The summed E-state index contributed by atoms with van der Waals surface area (Å²) < 4.78 is 1.87. The van der Waals surface area contributed by atoms with E-state index in [2.05, 4.69) is 36.2 Å². The van der Waals surface area contributed by atoms with Crippen LogP contribution in [0, 0.1) is 6.92 Å². The molecular formula is C26H33N5O2. The standard InChI is InChI=1S/C26H33N5O2/c1-5-22(19-9-7-6-8-10-19)26(33)30-13-11-21(12-14-30)29-25(32)23-15-20-16-27-31(17(2)3)24(20)28-18(23)4/h6-10,15-17,21-22H,5,11-14H2,1-4H3,(H,29,32). The number of benzene rings is 1. The van der Waals surface area contributed by atoms with Crippen molar-refractivity contribution in [3.8, 4) is 0 Å². The summed E-state index contributed by atoms with van der Waals surface area (Å²) in [5.41, 5.74) is 3.15. The predicted molar refractivity (Wildman–Crippen MR) is 129 cm³/mol. The summed E-state index contributed by atoms with van der Waals surface area (Å²) in [6.45, 7) is 9.35. The molecule has 174 valence electrons. The molecule has 1 fully saturated rings. The Hall–Kier alpha value is -3.22. The van der Waals surface area contributed by atoms with Gasteiger partial charge in [0, 0.05) is 30.6 Å². The molecule has 7 heteroatoms. The molecule has 33 heavy (non-hydrogen) atoms. The number of aryl methyl sites for hydroxylation is 1. The summed E-state index contributed by atoms with van der Waals surface area (Å²) in [6, 6.07) is 12.1. The number of carbonyl (C=O) groups is 2. The van der Waals surface area contributed by atoms with E-state index in [4.69, 9.17) is 0 Å². The van der Waals surface area contributed by atoms with E-state index in [0.717, 1.165) is 35.9 Å². The van der Waals surface area contributed by atoms with E-state index in [1.165, 1.54) is 0 Å². The highest BCUT2D eigenvalue weighted by Gasteiger charge is 2.29. The molecule has 3 aromatic rings. The third-order valence-corrected chi connectivity index (χ3v) is 6.54. The summed E-state index contributed by atoms with van der Waals surface area (Å²) in [4.78, 5) is 32.7. The minimum Gasteiger partial charge on any atom is -0.349 e. The van der Waals surface area contributed by atoms with E-state index in [0.29, 0.717) is 24.3 Å². The number of fused-ring (bicyclic) bond motifs is 1. The lowest BCUT2D eigenvalue weighted by Crippen LogP contribution is -2.47. The van der Waals surface area contributed by atoms with Gasteiger partial charge in [0.1, 0.15) is 0 Å². The van der Waals surface area contributed by atoms with Gasteiger partial charge < -0.3 is 10.2 Å². The first-order valence-electron chi connectivity index (χ1n) is 11.9. The Morgan fingerprint density at radius 3 is 2.48 bits per heavy atom. The first kappa shape index (κ1) is 23.0. The summed E-state index contributed by atoms with van der Waals surface area (Å²) in [5, 5.41) is 8.43. The fourth-order valence-corrected chi connectivity index (χ4v) is 4.64. The molecule has 1 aromatic carbocycles. The Labute approximate surface area is 195 Å². The van der Waals surface area contributed by atoms with Gasteiger partial charge in [0.15, 0.2) is 5.65 Å². The number of nitrogens with zero attached hydrogens (tertiary/aromatic N) is 4. The van der Waals surface area contributed by atoms with E-state index in [-0.39, 0.29) is 29.8 Å². The van der Waals surface area contributed by atoms with Crippen LogP contribution in [0.15, 0.2) is 42.6 Å². The molecule has 4 rings (SSSR count). The van der Waals surface area contributed by atoms with Gasteiger partial charge in [-0.05, 0) is 51.7 Å². The van der Waals surface area contributed by atoms with Crippen LogP contribution in [-0.4, -0.2) is 50.6 Å². The highest BCUT2D eigenvalue weighted by atomic mass is 16.2. The minimum absolute atomic E-state index is 0.0480. The van der Waals surface area contributed by atoms with E-state index in [1.54, 1.807) is 6.20 Å². The SMILES string of the molecule is CCC(C(=O)N1CCC(NC(=O)c2cc3cnn(C(C)C)c3nc2C)CC1)c1ccccc1. The third kappa shape index (κ3) is 4.77. The van der Waals surface area contributed by atoms with Crippen LogP contribution in [0.4, 0.5) is 0 Å². The Bertz CT molecular complexity index is 1130. The van der Waals surface area contributed by atoms with Crippen molar-refractivity contribution in [1.29, 1.82) is 0 Å². The molecule has 2 aromatic heterocycles. The van der Waals surface area contributed by atoms with Gasteiger partial charge in [-0.1, -0.05) is 37.3 Å². The molecule has 0 saturated carbocycles. The van der Waals surface area contributed by atoms with Crippen LogP contribution in [-0.2, 0) is 4.79 Å². The number of piperidine rings is 1. The van der Waals surface area contributed by atoms with Gasteiger partial charge >= 0.3 is 0 Å². The number of nitrogens with one attached hydrogen (secondary N) is 1. The van der Waals surface area contributed by atoms with Crippen molar-refractivity contribution in [2.24, 2.45) is 0 Å². The maximum absolute atomic E-state index is 13.1. The molecule has 7 nitrogen and oxygen atoms in total. The van der Waals surface area contributed by atoms with Crippen LogP contribution in [0.1, 0.15) is 73.6 Å². The number of hydrogen-bond acceptors (Lipinski definition) is 4. The Kier molecular flexibility index (Phi) is 6.77. The summed E-state index contributed by atoms with van der Waals surface area (Å²) >= 11 is 0. The molecular weight excluding hydrogens is 414 g/mol. The Morgan fingerprint density at radius 2 is 1.85 bits per heavy atom. The van der Waals surface area contributed by atoms with Crippen LogP contribution in [0.5, 0.6) is 0 Å². The molecule has 1 aliphatic rings. The van der Waals surface area contributed by atoms with E-state index < -0.39 is 0 Å².